The van der Waals surface area contributed by atoms with E-state index in [9.17, 15) is 8.42 Å². The number of hydrogen-bond donors (Lipinski definition) is 1. The lowest BCUT2D eigenvalue weighted by Gasteiger charge is -2.22. The fourth-order valence-electron chi connectivity index (χ4n) is 3.06. The third-order valence-electron chi connectivity index (χ3n) is 4.08. The van der Waals surface area contributed by atoms with Gasteiger partial charge in [-0.25, -0.2) is 22.8 Å². The highest BCUT2D eigenvalue weighted by Crippen LogP contribution is 2.25. The highest BCUT2D eigenvalue weighted by atomic mass is 32.2. The zero-order chi connectivity index (χ0) is 16.7. The van der Waals surface area contributed by atoms with Crippen molar-refractivity contribution < 1.29 is 12.9 Å². The number of nitrogens with zero attached hydrogens (tertiary/aromatic N) is 4. The molecule has 1 aliphatic rings. The summed E-state index contributed by atoms with van der Waals surface area (Å²) in [6.07, 6.45) is 1.56. The average molecular weight is 347 g/mol. The van der Waals surface area contributed by atoms with Crippen LogP contribution >= 0.6 is 0 Å². The maximum absolute atomic E-state index is 12.6. The molecular formula is C15H17N5O3S. The van der Waals surface area contributed by atoms with E-state index in [4.69, 9.17) is 4.52 Å². The summed E-state index contributed by atoms with van der Waals surface area (Å²) in [5, 5.41) is 8.90. The number of rotatable bonds is 4. The van der Waals surface area contributed by atoms with Crippen molar-refractivity contribution in [2.45, 2.75) is 38.1 Å². The SMILES string of the molecule is Cc1nc2n(n1)CCCC2NS(=O)(=O)Cc1noc2ccccc12. The van der Waals surface area contributed by atoms with Crippen LogP contribution in [0.2, 0.25) is 0 Å². The molecule has 9 heteroatoms. The quantitative estimate of drug-likeness (QED) is 0.770. The molecule has 1 aliphatic heterocycles. The fraction of sp³-hybridized carbons (Fsp3) is 0.400. The van der Waals surface area contributed by atoms with Crippen molar-refractivity contribution in [1.82, 2.24) is 24.6 Å². The first-order valence-corrected chi connectivity index (χ1v) is 9.42. The van der Waals surface area contributed by atoms with Gasteiger partial charge in [0.25, 0.3) is 0 Å². The summed E-state index contributed by atoms with van der Waals surface area (Å²) in [7, 11) is -3.58. The Morgan fingerprint density at radius 3 is 3.08 bits per heavy atom. The van der Waals surface area contributed by atoms with Crippen LogP contribution in [0.4, 0.5) is 0 Å². The minimum Gasteiger partial charge on any atom is -0.356 e. The summed E-state index contributed by atoms with van der Waals surface area (Å²) >= 11 is 0. The lowest BCUT2D eigenvalue weighted by atomic mass is 10.1. The summed E-state index contributed by atoms with van der Waals surface area (Å²) in [5.41, 5.74) is 0.988. The molecule has 24 heavy (non-hydrogen) atoms. The van der Waals surface area contributed by atoms with E-state index in [1.165, 1.54) is 0 Å². The van der Waals surface area contributed by atoms with Crippen LogP contribution in [-0.4, -0.2) is 28.3 Å². The standard InChI is InChI=1S/C15H17N5O3S/c1-10-16-15-12(6-4-8-20(15)17-10)19-24(21,22)9-13-11-5-2-3-7-14(11)23-18-13/h2-3,5,7,12,19H,4,6,8-9H2,1H3. The predicted molar refractivity (Wildman–Crippen MR) is 86.5 cm³/mol. The van der Waals surface area contributed by atoms with Gasteiger partial charge in [-0.05, 0) is 31.9 Å². The van der Waals surface area contributed by atoms with Gasteiger partial charge in [-0.2, -0.15) is 5.10 Å². The number of aryl methyl sites for hydroxylation is 2. The van der Waals surface area contributed by atoms with E-state index in [0.29, 0.717) is 34.7 Å². The maximum atomic E-state index is 12.6. The molecule has 8 nitrogen and oxygen atoms in total. The van der Waals surface area contributed by atoms with E-state index in [0.717, 1.165) is 13.0 Å². The van der Waals surface area contributed by atoms with E-state index in [2.05, 4.69) is 20.0 Å². The van der Waals surface area contributed by atoms with Gasteiger partial charge in [0.05, 0.1) is 6.04 Å². The van der Waals surface area contributed by atoms with Gasteiger partial charge < -0.3 is 4.52 Å². The van der Waals surface area contributed by atoms with Crippen LogP contribution in [0.1, 0.15) is 36.2 Å². The van der Waals surface area contributed by atoms with Gasteiger partial charge in [-0.15, -0.1) is 0 Å². The zero-order valence-electron chi connectivity index (χ0n) is 13.1. The lowest BCUT2D eigenvalue weighted by Crippen LogP contribution is -2.34. The Bertz CT molecular complexity index is 992. The number of hydrogen-bond acceptors (Lipinski definition) is 6. The minimum atomic E-state index is -3.58. The van der Waals surface area contributed by atoms with Crippen LogP contribution in [0.25, 0.3) is 11.0 Å². The highest BCUT2D eigenvalue weighted by Gasteiger charge is 2.28. The van der Waals surface area contributed by atoms with Crippen molar-refractivity contribution in [3.05, 3.63) is 41.6 Å². The van der Waals surface area contributed by atoms with E-state index < -0.39 is 10.0 Å². The van der Waals surface area contributed by atoms with Gasteiger partial charge >= 0.3 is 0 Å². The first-order valence-electron chi connectivity index (χ1n) is 7.76. The molecule has 0 spiro atoms. The van der Waals surface area contributed by atoms with Crippen molar-refractivity contribution in [2.24, 2.45) is 0 Å². The van der Waals surface area contributed by atoms with Crippen molar-refractivity contribution in [3.63, 3.8) is 0 Å². The van der Waals surface area contributed by atoms with Crippen molar-refractivity contribution in [1.29, 1.82) is 0 Å². The van der Waals surface area contributed by atoms with E-state index in [1.807, 2.05) is 12.1 Å². The second kappa shape index (κ2) is 5.67. The van der Waals surface area contributed by atoms with Crippen molar-refractivity contribution >= 4 is 21.0 Å². The van der Waals surface area contributed by atoms with Crippen molar-refractivity contribution in [3.8, 4) is 0 Å². The Morgan fingerprint density at radius 1 is 1.38 bits per heavy atom. The van der Waals surface area contributed by atoms with Crippen LogP contribution in [0.15, 0.2) is 28.8 Å². The molecular weight excluding hydrogens is 330 g/mol. The zero-order valence-corrected chi connectivity index (χ0v) is 14.0. The van der Waals surface area contributed by atoms with E-state index in [-0.39, 0.29) is 11.8 Å². The monoisotopic (exact) mass is 347 g/mol. The second-order valence-electron chi connectivity index (χ2n) is 5.94. The molecule has 3 aromatic rings. The van der Waals surface area contributed by atoms with Gasteiger partial charge in [-0.1, -0.05) is 17.3 Å². The fourth-order valence-corrected chi connectivity index (χ4v) is 4.37. The molecule has 0 amide bonds. The van der Waals surface area contributed by atoms with Crippen LogP contribution in [0.3, 0.4) is 0 Å². The molecule has 4 rings (SSSR count). The Hall–Kier alpha value is -2.26. The first kappa shape index (κ1) is 15.3. The van der Waals surface area contributed by atoms with Gasteiger partial charge in [-0.3, -0.25) is 0 Å². The smallest absolute Gasteiger partial charge is 0.218 e. The summed E-state index contributed by atoms with van der Waals surface area (Å²) in [6, 6.07) is 6.86. The summed E-state index contributed by atoms with van der Waals surface area (Å²) < 4.78 is 34.8. The molecule has 0 fully saturated rings. The Labute approximate surface area is 138 Å². The number of nitrogens with one attached hydrogen (secondary N) is 1. The Balaban J connectivity index is 1.58. The first-order chi connectivity index (χ1) is 11.5. The van der Waals surface area contributed by atoms with Crippen LogP contribution < -0.4 is 4.72 Å². The van der Waals surface area contributed by atoms with Gasteiger partial charge in [0.15, 0.2) is 5.58 Å². The third-order valence-corrected chi connectivity index (χ3v) is 5.38. The predicted octanol–water partition coefficient (Wildman–Crippen LogP) is 1.68. The number of benzene rings is 1. The number of sulfonamides is 1. The molecule has 0 bridgehead atoms. The van der Waals surface area contributed by atoms with Gasteiger partial charge in [0.2, 0.25) is 10.0 Å². The number of aromatic nitrogens is 4. The molecule has 0 aliphatic carbocycles. The molecule has 0 saturated heterocycles. The van der Waals surface area contributed by atoms with Gasteiger partial charge in [0.1, 0.15) is 23.1 Å². The highest BCUT2D eigenvalue weighted by molar-refractivity contribution is 7.88. The van der Waals surface area contributed by atoms with Crippen LogP contribution in [-0.2, 0) is 22.3 Å². The average Bonchev–Trinajstić information content (AvgIpc) is 3.11. The number of para-hydroxylation sites is 1. The minimum absolute atomic E-state index is 0.229. The third kappa shape index (κ3) is 2.80. The molecule has 0 radical (unpaired) electrons. The van der Waals surface area contributed by atoms with E-state index >= 15 is 0 Å². The van der Waals surface area contributed by atoms with Crippen LogP contribution in [0, 0.1) is 6.92 Å². The topological polar surface area (TPSA) is 103 Å². The molecule has 3 heterocycles. The lowest BCUT2D eigenvalue weighted by molar-refractivity contribution is 0.399. The Morgan fingerprint density at radius 2 is 2.21 bits per heavy atom. The molecule has 1 aromatic carbocycles. The van der Waals surface area contributed by atoms with Gasteiger partial charge in [0, 0.05) is 11.9 Å². The largest absolute Gasteiger partial charge is 0.356 e. The molecule has 126 valence electrons. The molecule has 1 atom stereocenters. The summed E-state index contributed by atoms with van der Waals surface area (Å²) in [5.74, 6) is 1.10. The normalized spacial score (nSPS) is 18.0. The molecule has 1 unspecified atom stereocenters. The molecule has 0 saturated carbocycles. The Kier molecular flexibility index (Phi) is 3.61. The maximum Gasteiger partial charge on any atom is 0.218 e. The summed E-state index contributed by atoms with van der Waals surface area (Å²) in [6.45, 7) is 2.57. The second-order valence-corrected chi connectivity index (χ2v) is 7.69. The molecule has 1 N–H and O–H groups in total. The van der Waals surface area contributed by atoms with E-state index in [1.54, 1.807) is 23.7 Å². The van der Waals surface area contributed by atoms with Crippen LogP contribution in [0.5, 0.6) is 0 Å². The van der Waals surface area contributed by atoms with Crippen molar-refractivity contribution in [2.75, 3.05) is 0 Å². The molecule has 2 aromatic heterocycles. The number of fused-ring (bicyclic) bond motifs is 2. The summed E-state index contributed by atoms with van der Waals surface area (Å²) in [4.78, 5) is 4.35.